The summed E-state index contributed by atoms with van der Waals surface area (Å²) in [6.45, 7) is 17.2. The molecule has 5 aromatic rings. The molecule has 4 aromatic carbocycles. The van der Waals surface area contributed by atoms with Crippen LogP contribution in [0.2, 0.25) is 0 Å². The molecule has 2 aliphatic carbocycles. The molecule has 0 radical (unpaired) electrons. The van der Waals surface area contributed by atoms with Crippen LogP contribution in [-0.4, -0.2) is 15.7 Å². The van der Waals surface area contributed by atoms with Gasteiger partial charge in [0.2, 0.25) is 0 Å². The first kappa shape index (κ1) is 27.5. The second-order valence-corrected chi connectivity index (χ2v) is 10.6. The van der Waals surface area contributed by atoms with Crippen molar-refractivity contribution in [3.05, 3.63) is 147 Å². The molecule has 0 saturated heterocycles. The summed E-state index contributed by atoms with van der Waals surface area (Å²) in [5, 5.41) is 14.0. The van der Waals surface area contributed by atoms with E-state index in [4.69, 9.17) is 23.1 Å². The fraction of sp³-hybridized carbons (Fsp3) is 0.0556. The Balaban J connectivity index is 1.40. The molecule has 0 N–H and O–H groups in total. The molecule has 0 fully saturated rings. The highest BCUT2D eigenvalue weighted by atomic mass is 19.4. The Labute approximate surface area is 255 Å². The molecule has 0 aliphatic heterocycles. The quantitative estimate of drug-likeness (QED) is 0.115. The summed E-state index contributed by atoms with van der Waals surface area (Å²) in [4.78, 5) is 16.7. The molecular weight excluding hydrogens is 573 g/mol. The number of aryl methyl sites for hydroxylation is 1. The number of rotatable bonds is 2. The van der Waals surface area contributed by atoms with Crippen LogP contribution in [0.25, 0.3) is 60.1 Å². The van der Waals surface area contributed by atoms with Crippen molar-refractivity contribution in [2.45, 2.75) is 13.1 Å². The van der Waals surface area contributed by atoms with E-state index in [0.717, 1.165) is 34.4 Å². The number of hydrogen-bond acceptors (Lipinski definition) is 4. The van der Waals surface area contributed by atoms with Gasteiger partial charge in [-0.15, -0.1) is 4.95 Å². The Hall–Kier alpha value is -6.37. The molecule has 2 aliphatic rings. The van der Waals surface area contributed by atoms with Gasteiger partial charge in [-0.1, -0.05) is 66.2 Å². The van der Waals surface area contributed by atoms with Crippen molar-refractivity contribution < 1.29 is 13.2 Å². The normalized spacial score (nSPS) is 14.5. The highest BCUT2D eigenvalue weighted by Crippen LogP contribution is 2.48. The summed E-state index contributed by atoms with van der Waals surface area (Å²) >= 11 is 0. The summed E-state index contributed by atoms with van der Waals surface area (Å²) < 4.78 is 39.4. The molecule has 45 heavy (non-hydrogen) atoms. The van der Waals surface area contributed by atoms with Crippen LogP contribution in [-0.2, 0) is 6.18 Å². The van der Waals surface area contributed by atoms with Gasteiger partial charge in [0.15, 0.2) is 5.71 Å². The minimum atomic E-state index is -4.46. The molecule has 9 heteroatoms. The van der Waals surface area contributed by atoms with Gasteiger partial charge in [-0.25, -0.2) is 20.1 Å². The van der Waals surface area contributed by atoms with Crippen LogP contribution in [0, 0.1) is 31.4 Å². The third kappa shape index (κ3) is 4.36. The Morgan fingerprint density at radius 1 is 0.711 bits per heavy atom. The summed E-state index contributed by atoms with van der Waals surface area (Å²) in [6.07, 6.45) is -4.46. The van der Waals surface area contributed by atoms with Gasteiger partial charge in [-0.2, -0.15) is 19.7 Å². The highest BCUT2D eigenvalue weighted by molar-refractivity contribution is 6.24. The average Bonchev–Trinajstić information content (AvgIpc) is 3.52. The molecule has 0 bridgehead atoms. The third-order valence-electron chi connectivity index (χ3n) is 7.97. The van der Waals surface area contributed by atoms with Crippen molar-refractivity contribution in [3.8, 4) is 50.8 Å². The molecule has 0 amide bonds. The number of fused-ring (bicyclic) bond motifs is 6. The standard InChI is InChI=1S/C36H17F3N6/c1-19-4-6-20(7-5-19)23-11-15-26-28(17-23)33(45-42-3)35-32(26)43-34-30(29(18-40)41-2)27-16-22(10-14-25(27)31(34)44-35)21-8-12-24(13-9-21)36(37,38)39/h4-17H,1H3/b30-29-,45-33+. The van der Waals surface area contributed by atoms with Crippen LogP contribution in [0.4, 0.5) is 13.2 Å². The smallest absolute Gasteiger partial charge is 0.244 e. The van der Waals surface area contributed by atoms with Crippen molar-refractivity contribution in [3.63, 3.8) is 0 Å². The van der Waals surface area contributed by atoms with Crippen LogP contribution in [0.5, 0.6) is 0 Å². The zero-order valence-electron chi connectivity index (χ0n) is 23.4. The Bertz CT molecular complexity index is 2260. The number of halogens is 3. The first-order valence-electron chi connectivity index (χ1n) is 13.6. The van der Waals surface area contributed by atoms with Crippen LogP contribution in [0.3, 0.4) is 0 Å². The molecule has 1 aromatic heterocycles. The Morgan fingerprint density at radius 3 is 1.82 bits per heavy atom. The van der Waals surface area contributed by atoms with Gasteiger partial charge in [0, 0.05) is 22.3 Å². The molecule has 0 atom stereocenters. The summed E-state index contributed by atoms with van der Waals surface area (Å²) in [7, 11) is 0. The second-order valence-electron chi connectivity index (χ2n) is 10.6. The molecule has 7 rings (SSSR count). The minimum absolute atomic E-state index is 0.184. The lowest BCUT2D eigenvalue weighted by molar-refractivity contribution is -0.137. The average molecular weight is 591 g/mol. The maximum Gasteiger partial charge on any atom is 0.416 e. The van der Waals surface area contributed by atoms with Crippen molar-refractivity contribution in [1.82, 2.24) is 9.97 Å². The number of nitriles is 1. The van der Waals surface area contributed by atoms with Gasteiger partial charge in [0.05, 0.1) is 40.4 Å². The van der Waals surface area contributed by atoms with E-state index in [9.17, 15) is 18.4 Å². The molecule has 1 heterocycles. The van der Waals surface area contributed by atoms with Gasteiger partial charge >= 0.3 is 6.18 Å². The zero-order valence-corrected chi connectivity index (χ0v) is 23.4. The maximum atomic E-state index is 13.1. The van der Waals surface area contributed by atoms with Gasteiger partial charge < -0.3 is 0 Å². The van der Waals surface area contributed by atoms with E-state index < -0.39 is 11.7 Å². The van der Waals surface area contributed by atoms with Crippen LogP contribution in [0.1, 0.15) is 33.6 Å². The Morgan fingerprint density at radius 2 is 1.24 bits per heavy atom. The molecule has 0 unspecified atom stereocenters. The van der Waals surface area contributed by atoms with E-state index in [2.05, 4.69) is 14.9 Å². The van der Waals surface area contributed by atoms with Gasteiger partial charge in [-0.3, -0.25) is 0 Å². The van der Waals surface area contributed by atoms with Crippen LogP contribution >= 0.6 is 0 Å². The Kier molecular flexibility index (Phi) is 6.18. The zero-order chi connectivity index (χ0) is 31.5. The first-order chi connectivity index (χ1) is 21.7. The molecule has 0 spiro atoms. The van der Waals surface area contributed by atoms with E-state index >= 15 is 0 Å². The number of nitrogens with zero attached hydrogens (tertiary/aromatic N) is 6. The van der Waals surface area contributed by atoms with E-state index in [0.29, 0.717) is 61.9 Å². The fourth-order valence-corrected chi connectivity index (χ4v) is 5.79. The molecular formula is C36H17F3N6. The lowest BCUT2D eigenvalue weighted by atomic mass is 9.97. The van der Waals surface area contributed by atoms with Crippen LogP contribution in [0.15, 0.2) is 95.7 Å². The lowest BCUT2D eigenvalue weighted by Crippen LogP contribution is -2.04. The minimum Gasteiger partial charge on any atom is -0.244 e. The SMILES string of the molecule is [C-]#[N+]/N=C1\c2cc(-c3ccc(C)cc3)ccc2-c2nc3c(nc21)-c1ccc(-c2ccc(C(F)(F)F)cc2)cc1/C3=C(\C#N)[N+]#[C-]. The number of aromatic nitrogens is 2. The number of hydrogen-bond donors (Lipinski definition) is 0. The molecule has 212 valence electrons. The van der Waals surface area contributed by atoms with Crippen molar-refractivity contribution in [2.75, 3.05) is 0 Å². The van der Waals surface area contributed by atoms with Crippen molar-refractivity contribution in [1.29, 1.82) is 5.26 Å². The van der Waals surface area contributed by atoms with E-state index in [-0.39, 0.29) is 5.70 Å². The molecule has 6 nitrogen and oxygen atoms in total. The number of allylic oxidation sites excluding steroid dienone is 1. The topological polar surface area (TPSA) is 70.6 Å². The van der Waals surface area contributed by atoms with Crippen molar-refractivity contribution in [2.24, 2.45) is 5.10 Å². The predicted octanol–water partition coefficient (Wildman–Crippen LogP) is 8.97. The number of benzene rings is 4. The summed E-state index contributed by atoms with van der Waals surface area (Å²) in [6, 6.07) is 26.0. The fourth-order valence-electron chi connectivity index (χ4n) is 5.79. The largest absolute Gasteiger partial charge is 0.416 e. The summed E-state index contributed by atoms with van der Waals surface area (Å²) in [5.41, 5.74) is 8.20. The first-order valence-corrected chi connectivity index (χ1v) is 13.6. The van der Waals surface area contributed by atoms with Crippen molar-refractivity contribution >= 4 is 11.3 Å². The van der Waals surface area contributed by atoms with E-state index in [1.54, 1.807) is 18.2 Å². The van der Waals surface area contributed by atoms with E-state index in [1.165, 1.54) is 12.1 Å². The lowest BCUT2D eigenvalue weighted by Gasteiger charge is -2.09. The van der Waals surface area contributed by atoms with Gasteiger partial charge in [-0.05, 0) is 59.0 Å². The van der Waals surface area contributed by atoms with Gasteiger partial charge in [0.1, 0.15) is 5.69 Å². The van der Waals surface area contributed by atoms with E-state index in [1.807, 2.05) is 55.5 Å². The number of alkyl halides is 3. The maximum absolute atomic E-state index is 13.1. The molecule has 0 saturated carbocycles. The highest BCUT2D eigenvalue weighted by Gasteiger charge is 2.37. The van der Waals surface area contributed by atoms with Crippen LogP contribution < -0.4 is 0 Å². The summed E-state index contributed by atoms with van der Waals surface area (Å²) in [5.74, 6) is 0. The monoisotopic (exact) mass is 590 g/mol. The van der Waals surface area contributed by atoms with Gasteiger partial charge in [0.25, 0.3) is 5.70 Å². The third-order valence-corrected chi connectivity index (χ3v) is 7.97. The predicted molar refractivity (Wildman–Crippen MR) is 164 cm³/mol. The second kappa shape index (κ2) is 10.1.